The Labute approximate surface area is 200 Å². The van der Waals surface area contributed by atoms with E-state index >= 15 is 0 Å². The fourth-order valence-electron chi connectivity index (χ4n) is 3.75. The molecule has 2 aromatic heterocycles. The van der Waals surface area contributed by atoms with Gasteiger partial charge < -0.3 is 10.4 Å². The van der Waals surface area contributed by atoms with Crippen LogP contribution in [0.5, 0.6) is 0 Å². The summed E-state index contributed by atoms with van der Waals surface area (Å²) >= 11 is 0. The lowest BCUT2D eigenvalue weighted by atomic mass is 10.1. The van der Waals surface area contributed by atoms with E-state index in [9.17, 15) is 18.0 Å². The smallest absolute Gasteiger partial charge is 0.475 e. The van der Waals surface area contributed by atoms with Crippen LogP contribution in [0.4, 0.5) is 13.2 Å². The number of carbonyl (C=O) groups excluding carboxylic acids is 1. The second kappa shape index (κ2) is 12.1. The van der Waals surface area contributed by atoms with E-state index < -0.39 is 12.1 Å². The quantitative estimate of drug-likeness (QED) is 0.532. The maximum atomic E-state index is 12.7. The van der Waals surface area contributed by atoms with E-state index in [4.69, 9.17) is 9.90 Å². The number of aromatic nitrogens is 2. The van der Waals surface area contributed by atoms with Crippen molar-refractivity contribution in [3.8, 4) is 0 Å². The molecule has 0 aliphatic heterocycles. The van der Waals surface area contributed by atoms with Gasteiger partial charge in [0.25, 0.3) is 0 Å². The normalized spacial score (nSPS) is 13.0. The van der Waals surface area contributed by atoms with Gasteiger partial charge in [-0.1, -0.05) is 36.4 Å². The highest BCUT2D eigenvalue weighted by molar-refractivity contribution is 5.78. The SMILES string of the molecule is O=C(CN(Cc1ccccn1)Cc1ccccn1)NC1Cc2ccccc2C1.O=C(O)C(F)(F)F. The summed E-state index contributed by atoms with van der Waals surface area (Å²) in [5, 5.41) is 10.3. The van der Waals surface area contributed by atoms with E-state index in [2.05, 4.69) is 44.5 Å². The van der Waals surface area contributed by atoms with Crippen LogP contribution in [0.3, 0.4) is 0 Å². The third-order valence-corrected chi connectivity index (χ3v) is 5.25. The zero-order valence-corrected chi connectivity index (χ0v) is 18.8. The van der Waals surface area contributed by atoms with Crippen LogP contribution in [0.25, 0.3) is 0 Å². The van der Waals surface area contributed by atoms with E-state index in [0.29, 0.717) is 19.6 Å². The fourth-order valence-corrected chi connectivity index (χ4v) is 3.75. The molecule has 2 N–H and O–H groups in total. The lowest BCUT2D eigenvalue weighted by Gasteiger charge is -2.22. The number of rotatable bonds is 7. The van der Waals surface area contributed by atoms with Gasteiger partial charge in [-0.05, 0) is 48.2 Å². The summed E-state index contributed by atoms with van der Waals surface area (Å²) in [6.45, 7) is 1.53. The summed E-state index contributed by atoms with van der Waals surface area (Å²) in [6.07, 6.45) is 0.291. The second-order valence-electron chi connectivity index (χ2n) is 8.03. The van der Waals surface area contributed by atoms with Gasteiger partial charge in [-0.3, -0.25) is 19.7 Å². The third-order valence-electron chi connectivity index (χ3n) is 5.25. The van der Waals surface area contributed by atoms with E-state index in [1.54, 1.807) is 12.4 Å². The van der Waals surface area contributed by atoms with Gasteiger partial charge in [0.1, 0.15) is 0 Å². The highest BCUT2D eigenvalue weighted by Crippen LogP contribution is 2.21. The Kier molecular flexibility index (Phi) is 8.91. The molecule has 0 fully saturated rings. The van der Waals surface area contributed by atoms with Crippen molar-refractivity contribution in [2.45, 2.75) is 38.1 Å². The fraction of sp³-hybridized carbons (Fsp3) is 0.280. The topological polar surface area (TPSA) is 95.4 Å². The van der Waals surface area contributed by atoms with Crippen LogP contribution in [0.15, 0.2) is 73.1 Å². The number of carbonyl (C=O) groups is 2. The van der Waals surface area contributed by atoms with Gasteiger partial charge >= 0.3 is 12.1 Å². The molecule has 1 aliphatic rings. The number of amides is 1. The van der Waals surface area contributed by atoms with Crippen LogP contribution in [0, 0.1) is 0 Å². The lowest BCUT2D eigenvalue weighted by molar-refractivity contribution is -0.192. The van der Waals surface area contributed by atoms with Crippen LogP contribution in [-0.4, -0.2) is 50.6 Å². The Morgan fingerprint density at radius 3 is 1.74 bits per heavy atom. The number of carboxylic acids is 1. The van der Waals surface area contributed by atoms with Crippen LogP contribution in [-0.2, 0) is 35.5 Å². The molecule has 3 aromatic rings. The van der Waals surface area contributed by atoms with Gasteiger partial charge in [-0.25, -0.2) is 4.79 Å². The lowest BCUT2D eigenvalue weighted by Crippen LogP contribution is -2.42. The number of fused-ring (bicyclic) bond motifs is 1. The van der Waals surface area contributed by atoms with Gasteiger partial charge in [0.05, 0.1) is 17.9 Å². The van der Waals surface area contributed by atoms with Gasteiger partial charge in [-0.2, -0.15) is 13.2 Å². The minimum absolute atomic E-state index is 0.0460. The Morgan fingerprint density at radius 2 is 1.34 bits per heavy atom. The zero-order chi connectivity index (χ0) is 25.3. The molecule has 0 saturated heterocycles. The average Bonchev–Trinajstić information content (AvgIpc) is 3.22. The maximum Gasteiger partial charge on any atom is 0.490 e. The van der Waals surface area contributed by atoms with Crippen LogP contribution < -0.4 is 5.32 Å². The van der Waals surface area contributed by atoms with Gasteiger partial charge in [-0.15, -0.1) is 0 Å². The third kappa shape index (κ3) is 8.49. The highest BCUT2D eigenvalue weighted by atomic mass is 19.4. The van der Waals surface area contributed by atoms with E-state index in [1.165, 1.54) is 11.1 Å². The number of nitrogens with one attached hydrogen (secondary N) is 1. The number of aliphatic carboxylic acids is 1. The molecule has 1 amide bonds. The summed E-state index contributed by atoms with van der Waals surface area (Å²) in [7, 11) is 0. The molecule has 0 atom stereocenters. The molecule has 2 heterocycles. The summed E-state index contributed by atoms with van der Waals surface area (Å²) in [5.41, 5.74) is 4.57. The minimum atomic E-state index is -5.08. The van der Waals surface area contributed by atoms with E-state index in [1.807, 2.05) is 36.4 Å². The number of pyridine rings is 2. The number of nitrogens with zero attached hydrogens (tertiary/aromatic N) is 3. The van der Waals surface area contributed by atoms with Crippen molar-refractivity contribution in [2.75, 3.05) is 6.54 Å². The molecular weight excluding hydrogens is 461 g/mol. The van der Waals surface area contributed by atoms with Crippen molar-refractivity contribution in [3.63, 3.8) is 0 Å². The number of carboxylic acid groups (broad SMARTS) is 1. The molecular formula is C25H25F3N4O3. The maximum absolute atomic E-state index is 12.7. The van der Waals surface area contributed by atoms with Crippen molar-refractivity contribution in [2.24, 2.45) is 0 Å². The molecule has 0 saturated carbocycles. The standard InChI is InChI=1S/C23H24N4O.C2HF3O2/c28-23(26-22-13-18-7-1-2-8-19(18)14-22)17-27(15-20-9-3-5-11-24-20)16-21-10-4-6-12-25-21;3-2(4,5)1(6)7/h1-12,22H,13-17H2,(H,26,28);(H,6,7). The number of benzene rings is 1. The minimum Gasteiger partial charge on any atom is -0.475 e. The molecule has 0 unspecified atom stereocenters. The average molecular weight is 486 g/mol. The van der Waals surface area contributed by atoms with Crippen LogP contribution >= 0.6 is 0 Å². The number of halogens is 3. The number of hydrogen-bond donors (Lipinski definition) is 2. The monoisotopic (exact) mass is 486 g/mol. The molecule has 0 radical (unpaired) electrons. The zero-order valence-electron chi connectivity index (χ0n) is 18.8. The predicted octanol–water partition coefficient (Wildman–Crippen LogP) is 3.40. The van der Waals surface area contributed by atoms with E-state index in [0.717, 1.165) is 24.2 Å². The summed E-state index contributed by atoms with van der Waals surface area (Å²) in [6, 6.07) is 20.3. The number of alkyl halides is 3. The summed E-state index contributed by atoms with van der Waals surface area (Å²) in [4.78, 5) is 32.5. The Balaban J connectivity index is 0.000000429. The van der Waals surface area contributed by atoms with Crippen molar-refractivity contribution in [3.05, 3.63) is 95.6 Å². The number of hydrogen-bond acceptors (Lipinski definition) is 5. The Morgan fingerprint density at radius 1 is 0.886 bits per heavy atom. The van der Waals surface area contributed by atoms with Gasteiger partial charge in [0.15, 0.2) is 0 Å². The molecule has 0 bridgehead atoms. The van der Waals surface area contributed by atoms with Gasteiger partial charge in [0, 0.05) is 31.5 Å². The van der Waals surface area contributed by atoms with Crippen molar-refractivity contribution >= 4 is 11.9 Å². The second-order valence-corrected chi connectivity index (χ2v) is 8.03. The summed E-state index contributed by atoms with van der Waals surface area (Å²) < 4.78 is 31.7. The molecule has 1 aromatic carbocycles. The van der Waals surface area contributed by atoms with Crippen LogP contribution in [0.2, 0.25) is 0 Å². The molecule has 4 rings (SSSR count). The first-order valence-electron chi connectivity index (χ1n) is 10.9. The highest BCUT2D eigenvalue weighted by Gasteiger charge is 2.38. The molecule has 184 valence electrons. The first-order valence-corrected chi connectivity index (χ1v) is 10.9. The van der Waals surface area contributed by atoms with E-state index in [-0.39, 0.29) is 11.9 Å². The van der Waals surface area contributed by atoms with Crippen molar-refractivity contribution in [1.29, 1.82) is 0 Å². The van der Waals surface area contributed by atoms with Crippen LogP contribution in [0.1, 0.15) is 22.5 Å². The molecule has 35 heavy (non-hydrogen) atoms. The predicted molar refractivity (Wildman–Crippen MR) is 122 cm³/mol. The molecule has 7 nitrogen and oxygen atoms in total. The summed E-state index contributed by atoms with van der Waals surface area (Å²) in [5.74, 6) is -2.71. The largest absolute Gasteiger partial charge is 0.490 e. The Hall–Kier alpha value is -3.79. The molecule has 0 spiro atoms. The first-order chi connectivity index (χ1) is 16.7. The van der Waals surface area contributed by atoms with Crippen molar-refractivity contribution in [1.82, 2.24) is 20.2 Å². The first kappa shape index (κ1) is 25.8. The Bertz CT molecular complexity index is 1050. The van der Waals surface area contributed by atoms with Gasteiger partial charge in [0.2, 0.25) is 5.91 Å². The van der Waals surface area contributed by atoms with Crippen molar-refractivity contribution < 1.29 is 27.9 Å². The molecule has 1 aliphatic carbocycles. The molecule has 10 heteroatoms.